The molecule has 7 heteroatoms. The van der Waals surface area contributed by atoms with Crippen LogP contribution in [0.2, 0.25) is 0 Å². The average molecular weight is 475 g/mol. The quantitative estimate of drug-likeness (QED) is 0.623. The Bertz CT molecular complexity index is 1090. The number of aromatic nitrogens is 2. The van der Waals surface area contributed by atoms with Crippen LogP contribution in [0.1, 0.15) is 56.9 Å². The van der Waals surface area contributed by atoms with Crippen molar-refractivity contribution in [2.45, 2.75) is 52.5 Å². The van der Waals surface area contributed by atoms with Gasteiger partial charge in [0.2, 0.25) is 5.95 Å². The van der Waals surface area contributed by atoms with E-state index in [2.05, 4.69) is 75.4 Å². The summed E-state index contributed by atoms with van der Waals surface area (Å²) in [5.74, 6) is 1.78. The van der Waals surface area contributed by atoms with E-state index in [0.29, 0.717) is 28.4 Å². The lowest BCUT2D eigenvalue weighted by Crippen LogP contribution is -2.46. The zero-order valence-electron chi connectivity index (χ0n) is 21.3. The largest absolute Gasteiger partial charge is 0.369 e. The van der Waals surface area contributed by atoms with Crippen molar-refractivity contribution in [3.8, 4) is 0 Å². The second-order valence-corrected chi connectivity index (χ2v) is 11.5. The Hall–Kier alpha value is -2.67. The van der Waals surface area contributed by atoms with Crippen molar-refractivity contribution in [1.82, 2.24) is 20.2 Å². The summed E-state index contributed by atoms with van der Waals surface area (Å²) >= 11 is 0. The first-order valence-corrected chi connectivity index (χ1v) is 13.4. The molecule has 186 valence electrons. The molecule has 4 fully saturated rings. The maximum atomic E-state index is 13.0. The summed E-state index contributed by atoms with van der Waals surface area (Å²) in [5.41, 5.74) is 3.55. The van der Waals surface area contributed by atoms with Gasteiger partial charge in [-0.25, -0.2) is 9.97 Å². The summed E-state index contributed by atoms with van der Waals surface area (Å²) in [4.78, 5) is 26.8. The van der Waals surface area contributed by atoms with Crippen molar-refractivity contribution in [2.24, 2.45) is 22.7 Å². The normalized spacial score (nSPS) is 30.7. The van der Waals surface area contributed by atoms with Crippen LogP contribution in [-0.4, -0.2) is 59.5 Å². The van der Waals surface area contributed by atoms with E-state index in [4.69, 9.17) is 0 Å². The van der Waals surface area contributed by atoms with Gasteiger partial charge in [-0.2, -0.15) is 0 Å². The van der Waals surface area contributed by atoms with Gasteiger partial charge in [0, 0.05) is 49.8 Å². The van der Waals surface area contributed by atoms with Crippen LogP contribution in [-0.2, 0) is 0 Å². The van der Waals surface area contributed by atoms with E-state index in [1.54, 1.807) is 12.3 Å². The number of piperazine rings is 1. The fourth-order valence-electron chi connectivity index (χ4n) is 7.72. The molecule has 7 nitrogen and oxygen atoms in total. The Morgan fingerprint density at radius 3 is 2.54 bits per heavy atom. The molecule has 2 heterocycles. The second kappa shape index (κ2) is 8.47. The van der Waals surface area contributed by atoms with Crippen LogP contribution in [0, 0.1) is 22.7 Å². The third-order valence-corrected chi connectivity index (χ3v) is 9.72. The lowest BCUT2D eigenvalue weighted by atomic mass is 9.65. The Morgan fingerprint density at radius 1 is 1.11 bits per heavy atom. The molecule has 4 unspecified atom stereocenters. The molecule has 2 aromatic rings. The van der Waals surface area contributed by atoms with E-state index in [1.165, 1.54) is 31.5 Å². The zero-order chi connectivity index (χ0) is 24.2. The first-order valence-electron chi connectivity index (χ1n) is 13.4. The minimum absolute atomic E-state index is 0.0841. The fraction of sp³-hybridized carbons (Fsp3) is 0.607. The first-order chi connectivity index (χ1) is 16.9. The summed E-state index contributed by atoms with van der Waals surface area (Å²) in [6.45, 7) is 12.6. The minimum Gasteiger partial charge on any atom is -0.369 e. The minimum atomic E-state index is -0.0841. The van der Waals surface area contributed by atoms with Gasteiger partial charge in [0.05, 0.1) is 0 Å². The SMILES string of the molecule is CCCN1CCN(c2ccc(Nc3nccc(C(=O)NC4CC5C(C)(C)C56CCC46)n3)cc2)CC1. The smallest absolute Gasteiger partial charge is 0.270 e. The van der Waals surface area contributed by atoms with E-state index < -0.39 is 0 Å². The highest BCUT2D eigenvalue weighted by Gasteiger charge is 2.81. The maximum absolute atomic E-state index is 13.0. The predicted molar refractivity (Wildman–Crippen MR) is 139 cm³/mol. The van der Waals surface area contributed by atoms with Crippen molar-refractivity contribution < 1.29 is 4.79 Å². The summed E-state index contributed by atoms with van der Waals surface area (Å²) in [7, 11) is 0. The lowest BCUT2D eigenvalue weighted by Gasteiger charge is -2.42. The summed E-state index contributed by atoms with van der Waals surface area (Å²) in [6.07, 6.45) is 6.56. The molecule has 1 aliphatic heterocycles. The predicted octanol–water partition coefficient (Wildman–Crippen LogP) is 4.31. The van der Waals surface area contributed by atoms with Crippen molar-refractivity contribution in [3.63, 3.8) is 0 Å². The molecule has 1 saturated heterocycles. The highest BCUT2D eigenvalue weighted by Crippen LogP contribution is 2.85. The number of benzene rings is 1. The molecular formula is C28H38N6O. The molecule has 6 rings (SSSR count). The lowest BCUT2D eigenvalue weighted by molar-refractivity contribution is 0.0720. The van der Waals surface area contributed by atoms with E-state index >= 15 is 0 Å². The number of hydrogen-bond acceptors (Lipinski definition) is 6. The molecule has 2 N–H and O–H groups in total. The Labute approximate surface area is 208 Å². The van der Waals surface area contributed by atoms with Crippen molar-refractivity contribution in [2.75, 3.05) is 42.9 Å². The van der Waals surface area contributed by atoms with Gasteiger partial charge in [0.25, 0.3) is 5.91 Å². The van der Waals surface area contributed by atoms with Gasteiger partial charge in [0.15, 0.2) is 0 Å². The summed E-state index contributed by atoms with van der Waals surface area (Å²) < 4.78 is 0. The van der Waals surface area contributed by atoms with Gasteiger partial charge < -0.3 is 15.5 Å². The van der Waals surface area contributed by atoms with Crippen LogP contribution in [0.5, 0.6) is 0 Å². The van der Waals surface area contributed by atoms with Crippen LogP contribution < -0.4 is 15.5 Å². The third-order valence-electron chi connectivity index (χ3n) is 9.72. The van der Waals surface area contributed by atoms with Crippen molar-refractivity contribution >= 4 is 23.2 Å². The monoisotopic (exact) mass is 474 g/mol. The molecule has 0 bridgehead atoms. The molecule has 4 atom stereocenters. The molecule has 0 radical (unpaired) electrons. The van der Waals surface area contributed by atoms with Gasteiger partial charge in [0.1, 0.15) is 5.69 Å². The molecule has 4 aliphatic rings. The standard InChI is InChI=1S/C28H38N6O/c1-4-13-33-14-16-34(17-15-33)20-7-5-19(6-8-20)30-26-29-12-10-22(32-26)25(35)31-23-18-24-27(2,3)28(24)11-9-21(23)28/h5-8,10,12,21,23-24H,4,9,11,13-18H2,1-3H3,(H,31,35)(H,29,30,32). The third kappa shape index (κ3) is 3.70. The van der Waals surface area contributed by atoms with E-state index in [9.17, 15) is 4.79 Å². The van der Waals surface area contributed by atoms with E-state index in [-0.39, 0.29) is 11.9 Å². The molecule has 3 aliphatic carbocycles. The molecular weight excluding hydrogens is 436 g/mol. The van der Waals surface area contributed by atoms with Gasteiger partial charge >= 0.3 is 0 Å². The molecule has 1 spiro atoms. The van der Waals surface area contributed by atoms with Gasteiger partial charge in [-0.15, -0.1) is 0 Å². The fourth-order valence-corrected chi connectivity index (χ4v) is 7.72. The molecule has 1 amide bonds. The zero-order valence-corrected chi connectivity index (χ0v) is 21.3. The Kier molecular flexibility index (Phi) is 5.51. The van der Waals surface area contributed by atoms with Crippen LogP contribution in [0.15, 0.2) is 36.5 Å². The molecule has 1 aromatic carbocycles. The van der Waals surface area contributed by atoms with Gasteiger partial charge in [-0.3, -0.25) is 9.69 Å². The first kappa shape index (κ1) is 22.8. The number of carbonyl (C=O) groups excluding carboxylic acids is 1. The highest BCUT2D eigenvalue weighted by atomic mass is 16.2. The number of hydrogen-bond donors (Lipinski definition) is 2. The van der Waals surface area contributed by atoms with Crippen LogP contribution in [0.25, 0.3) is 0 Å². The molecule has 1 aromatic heterocycles. The van der Waals surface area contributed by atoms with Gasteiger partial charge in [-0.1, -0.05) is 20.8 Å². The molecule has 35 heavy (non-hydrogen) atoms. The topological polar surface area (TPSA) is 73.4 Å². The van der Waals surface area contributed by atoms with E-state index in [0.717, 1.165) is 44.2 Å². The van der Waals surface area contributed by atoms with E-state index in [1.807, 2.05) is 0 Å². The number of nitrogens with one attached hydrogen (secondary N) is 2. The number of anilines is 3. The highest BCUT2D eigenvalue weighted by molar-refractivity contribution is 5.92. The summed E-state index contributed by atoms with van der Waals surface area (Å²) in [5, 5.41) is 6.57. The average Bonchev–Trinajstić information content (AvgIpc) is 3.25. The maximum Gasteiger partial charge on any atom is 0.270 e. The number of rotatable bonds is 7. The summed E-state index contributed by atoms with van der Waals surface area (Å²) in [6, 6.07) is 10.4. The van der Waals surface area contributed by atoms with Crippen LogP contribution in [0.3, 0.4) is 0 Å². The van der Waals surface area contributed by atoms with Crippen molar-refractivity contribution in [1.29, 1.82) is 0 Å². The number of carbonyl (C=O) groups is 1. The van der Waals surface area contributed by atoms with Crippen LogP contribution >= 0.6 is 0 Å². The van der Waals surface area contributed by atoms with Crippen LogP contribution in [0.4, 0.5) is 17.3 Å². The Balaban J connectivity index is 1.05. The second-order valence-electron chi connectivity index (χ2n) is 11.5. The Morgan fingerprint density at radius 2 is 1.89 bits per heavy atom. The van der Waals surface area contributed by atoms with Gasteiger partial charge in [-0.05, 0) is 85.2 Å². The molecule has 3 saturated carbocycles. The number of amides is 1. The van der Waals surface area contributed by atoms with Crippen molar-refractivity contribution in [3.05, 3.63) is 42.2 Å². The number of nitrogens with zero attached hydrogens (tertiary/aromatic N) is 4.